The first-order chi connectivity index (χ1) is 17.9. The number of benzene rings is 4. The minimum Gasteiger partial charge on any atom is -0.456 e. The minimum absolute atomic E-state index is 0.324. The summed E-state index contributed by atoms with van der Waals surface area (Å²) in [6.07, 6.45) is 0. The quantitative estimate of drug-likeness (QED) is 0.294. The summed E-state index contributed by atoms with van der Waals surface area (Å²) >= 11 is 0. The number of rotatable bonds is 5. The van der Waals surface area contributed by atoms with Gasteiger partial charge in [-0.2, -0.15) is 0 Å². The molecule has 1 spiro atoms. The predicted octanol–water partition coefficient (Wildman–Crippen LogP) is 7.46. The van der Waals surface area contributed by atoms with Crippen molar-refractivity contribution in [2.75, 3.05) is 23.3 Å². The summed E-state index contributed by atoms with van der Waals surface area (Å²) in [4.78, 5) is 15.5. The van der Waals surface area contributed by atoms with Gasteiger partial charge >= 0.3 is 5.97 Å². The first-order valence-electron chi connectivity index (χ1n) is 12.8. The second kappa shape index (κ2) is 8.70. The van der Waals surface area contributed by atoms with Crippen LogP contribution in [-0.4, -0.2) is 19.1 Å². The fourth-order valence-corrected chi connectivity index (χ4v) is 5.51. The van der Waals surface area contributed by atoms with Crippen molar-refractivity contribution < 1.29 is 14.3 Å². The molecule has 0 radical (unpaired) electrons. The van der Waals surface area contributed by atoms with Crippen LogP contribution in [0.15, 0.2) is 78.9 Å². The van der Waals surface area contributed by atoms with Gasteiger partial charge in [-0.25, -0.2) is 4.79 Å². The Morgan fingerprint density at radius 2 is 1.51 bits per heavy atom. The Hall–Kier alpha value is -4.25. The highest BCUT2D eigenvalue weighted by Gasteiger charge is 2.53. The smallest absolute Gasteiger partial charge is 0.340 e. The van der Waals surface area contributed by atoms with E-state index in [0.29, 0.717) is 17.1 Å². The maximum Gasteiger partial charge on any atom is 0.340 e. The lowest BCUT2D eigenvalue weighted by atomic mass is 9.77. The topological polar surface area (TPSA) is 50.8 Å². The molecule has 0 fully saturated rings. The van der Waals surface area contributed by atoms with Gasteiger partial charge < -0.3 is 19.7 Å². The van der Waals surface area contributed by atoms with Crippen molar-refractivity contribution >= 4 is 23.0 Å². The van der Waals surface area contributed by atoms with E-state index < -0.39 is 5.60 Å². The van der Waals surface area contributed by atoms with Gasteiger partial charge in [0.2, 0.25) is 0 Å². The highest BCUT2D eigenvalue weighted by Crippen LogP contribution is 2.57. The standard InChI is InChI=1S/C32H30N2O3/c1-5-34(6-2)24-14-15-27-30(19-24)36-29-16-13-23(33-22-12-11-20(3)21(4)17-22)18-28(29)32(27)26-10-8-7-9-25(26)31(35)37-32/h7-19,33H,5-6H2,1-4H3. The van der Waals surface area contributed by atoms with Crippen LogP contribution in [0, 0.1) is 13.8 Å². The summed E-state index contributed by atoms with van der Waals surface area (Å²) in [5, 5.41) is 3.52. The van der Waals surface area contributed by atoms with Crippen LogP contribution in [-0.2, 0) is 10.3 Å². The van der Waals surface area contributed by atoms with Gasteiger partial charge in [0.1, 0.15) is 11.5 Å². The summed E-state index contributed by atoms with van der Waals surface area (Å²) in [5.41, 5.74) is 7.42. The lowest BCUT2D eigenvalue weighted by Crippen LogP contribution is -2.33. The van der Waals surface area contributed by atoms with Gasteiger partial charge in [-0.15, -0.1) is 0 Å². The number of ether oxygens (including phenoxy) is 2. The molecule has 0 amide bonds. The minimum atomic E-state index is -1.08. The Bertz CT molecular complexity index is 1540. The third kappa shape index (κ3) is 3.57. The molecule has 5 heteroatoms. The molecular weight excluding hydrogens is 460 g/mol. The Morgan fingerprint density at radius 1 is 0.757 bits per heavy atom. The van der Waals surface area contributed by atoms with Crippen LogP contribution in [0.1, 0.15) is 52.0 Å². The molecule has 186 valence electrons. The molecule has 5 nitrogen and oxygen atoms in total. The SMILES string of the molecule is CCN(CC)c1ccc2c(c1)Oc1ccc(Nc3ccc(C)c(C)c3)cc1C21OC(=O)c2ccccc21. The van der Waals surface area contributed by atoms with Crippen LogP contribution in [0.5, 0.6) is 11.5 Å². The average molecular weight is 491 g/mol. The molecule has 0 bridgehead atoms. The number of nitrogens with one attached hydrogen (secondary N) is 1. The highest BCUT2D eigenvalue weighted by atomic mass is 16.6. The number of esters is 1. The molecule has 1 unspecified atom stereocenters. The van der Waals surface area contributed by atoms with E-state index in [1.165, 1.54) is 11.1 Å². The third-order valence-electron chi connectivity index (χ3n) is 7.62. The number of anilines is 3. The van der Waals surface area contributed by atoms with Crippen LogP contribution >= 0.6 is 0 Å². The van der Waals surface area contributed by atoms with Crippen LogP contribution in [0.25, 0.3) is 0 Å². The molecule has 2 aliphatic rings. The fraction of sp³-hybridized carbons (Fsp3) is 0.219. The number of hydrogen-bond acceptors (Lipinski definition) is 5. The number of carbonyl (C=O) groups is 1. The molecule has 37 heavy (non-hydrogen) atoms. The Balaban J connectivity index is 1.53. The summed E-state index contributed by atoms with van der Waals surface area (Å²) in [6, 6.07) is 26.2. The summed E-state index contributed by atoms with van der Waals surface area (Å²) in [5.74, 6) is 1.06. The van der Waals surface area contributed by atoms with E-state index in [4.69, 9.17) is 9.47 Å². The van der Waals surface area contributed by atoms with E-state index in [1.54, 1.807) is 0 Å². The van der Waals surface area contributed by atoms with E-state index in [-0.39, 0.29) is 5.97 Å². The molecule has 1 N–H and O–H groups in total. The second-order valence-electron chi connectivity index (χ2n) is 9.71. The maximum atomic E-state index is 13.2. The number of aryl methyl sites for hydroxylation is 2. The van der Waals surface area contributed by atoms with Crippen LogP contribution < -0.4 is 15.0 Å². The largest absolute Gasteiger partial charge is 0.456 e. The first kappa shape index (κ1) is 23.2. The van der Waals surface area contributed by atoms with Crippen molar-refractivity contribution in [2.24, 2.45) is 0 Å². The number of hydrogen-bond donors (Lipinski definition) is 1. The number of fused-ring (bicyclic) bond motifs is 6. The predicted molar refractivity (Wildman–Crippen MR) is 147 cm³/mol. The van der Waals surface area contributed by atoms with Gasteiger partial charge in [-0.3, -0.25) is 0 Å². The molecule has 2 aliphatic heterocycles. The van der Waals surface area contributed by atoms with E-state index in [2.05, 4.69) is 68.2 Å². The normalized spacial score (nSPS) is 16.9. The van der Waals surface area contributed by atoms with Gasteiger partial charge in [0.25, 0.3) is 0 Å². The van der Waals surface area contributed by atoms with Gasteiger partial charge in [0.15, 0.2) is 5.60 Å². The third-order valence-corrected chi connectivity index (χ3v) is 7.62. The lowest BCUT2D eigenvalue weighted by molar-refractivity contribution is 0.0224. The molecule has 2 heterocycles. The van der Waals surface area contributed by atoms with Gasteiger partial charge in [-0.1, -0.05) is 24.3 Å². The molecule has 0 saturated heterocycles. The second-order valence-corrected chi connectivity index (χ2v) is 9.71. The van der Waals surface area contributed by atoms with Crippen molar-refractivity contribution in [1.82, 2.24) is 0 Å². The van der Waals surface area contributed by atoms with Gasteiger partial charge in [-0.05, 0) is 87.4 Å². The lowest BCUT2D eigenvalue weighted by Gasteiger charge is -2.37. The Kier molecular flexibility index (Phi) is 5.45. The van der Waals surface area contributed by atoms with Gasteiger partial charge in [0, 0.05) is 52.9 Å². The van der Waals surface area contributed by atoms with E-state index in [1.807, 2.05) is 48.5 Å². The van der Waals surface area contributed by atoms with E-state index in [9.17, 15) is 4.79 Å². The molecule has 0 saturated carbocycles. The maximum absolute atomic E-state index is 13.2. The van der Waals surface area contributed by atoms with E-state index >= 15 is 0 Å². The molecular formula is C32H30N2O3. The first-order valence-corrected chi connectivity index (χ1v) is 12.8. The molecule has 6 rings (SSSR count). The molecule has 4 aromatic carbocycles. The highest BCUT2D eigenvalue weighted by molar-refractivity contribution is 5.97. The molecule has 0 aromatic heterocycles. The molecule has 0 aliphatic carbocycles. The van der Waals surface area contributed by atoms with Crippen molar-refractivity contribution in [3.8, 4) is 11.5 Å². The zero-order chi connectivity index (χ0) is 25.7. The van der Waals surface area contributed by atoms with E-state index in [0.717, 1.165) is 46.8 Å². The summed E-state index contributed by atoms with van der Waals surface area (Å²) in [6.45, 7) is 10.3. The molecule has 4 aromatic rings. The van der Waals surface area contributed by atoms with Gasteiger partial charge in [0.05, 0.1) is 5.56 Å². The Labute approximate surface area is 217 Å². The Morgan fingerprint density at radius 3 is 2.30 bits per heavy atom. The average Bonchev–Trinajstić information content (AvgIpc) is 3.20. The number of nitrogens with zero attached hydrogens (tertiary/aromatic N) is 1. The zero-order valence-electron chi connectivity index (χ0n) is 21.6. The van der Waals surface area contributed by atoms with Crippen molar-refractivity contribution in [3.05, 3.63) is 112 Å². The summed E-state index contributed by atoms with van der Waals surface area (Å²) in [7, 11) is 0. The fourth-order valence-electron chi connectivity index (χ4n) is 5.51. The van der Waals surface area contributed by atoms with Crippen LogP contribution in [0.4, 0.5) is 17.1 Å². The van der Waals surface area contributed by atoms with Crippen LogP contribution in [0.3, 0.4) is 0 Å². The van der Waals surface area contributed by atoms with Crippen molar-refractivity contribution in [2.45, 2.75) is 33.3 Å². The monoisotopic (exact) mass is 490 g/mol. The van der Waals surface area contributed by atoms with Crippen LogP contribution in [0.2, 0.25) is 0 Å². The zero-order valence-corrected chi connectivity index (χ0v) is 21.6. The number of carbonyl (C=O) groups excluding carboxylic acids is 1. The van der Waals surface area contributed by atoms with Crippen molar-refractivity contribution in [1.29, 1.82) is 0 Å². The molecule has 1 atom stereocenters. The summed E-state index contributed by atoms with van der Waals surface area (Å²) < 4.78 is 12.8. The van der Waals surface area contributed by atoms with Crippen molar-refractivity contribution in [3.63, 3.8) is 0 Å².